The largest absolute Gasteiger partial charge is 0.492 e. The fraction of sp³-hybridized carbons (Fsp3) is 0.294. The van der Waals surface area contributed by atoms with Gasteiger partial charge in [-0.05, 0) is 43.3 Å². The minimum Gasteiger partial charge on any atom is -0.492 e. The molecular formula is C17H20FNO4S. The maximum absolute atomic E-state index is 12.8. The molecule has 0 aliphatic carbocycles. The number of ether oxygens (including phenoxy) is 1. The van der Waals surface area contributed by atoms with Crippen LogP contribution in [0.2, 0.25) is 0 Å². The number of para-hydroxylation sites is 1. The van der Waals surface area contributed by atoms with Gasteiger partial charge in [0.05, 0.1) is 18.3 Å². The lowest BCUT2D eigenvalue weighted by Gasteiger charge is -2.25. The molecule has 0 aliphatic heterocycles. The molecule has 0 aliphatic rings. The summed E-state index contributed by atoms with van der Waals surface area (Å²) in [6, 6.07) is 13.9. The minimum absolute atomic E-state index is 0.0388. The van der Waals surface area contributed by atoms with Crippen molar-refractivity contribution in [2.45, 2.75) is 13.0 Å². The number of anilines is 1. The molecule has 1 N–H and O–H groups in total. The van der Waals surface area contributed by atoms with Crippen molar-refractivity contribution in [1.82, 2.24) is 0 Å². The number of rotatable bonds is 8. The first-order chi connectivity index (χ1) is 11.4. The number of nitrogens with zero attached hydrogens (tertiary/aromatic N) is 1. The van der Waals surface area contributed by atoms with Crippen molar-refractivity contribution in [3.8, 4) is 5.75 Å². The number of hydrogen-bond acceptors (Lipinski definition) is 4. The number of aliphatic hydroxyl groups is 1. The number of aliphatic hydroxyl groups excluding tert-OH is 1. The van der Waals surface area contributed by atoms with E-state index >= 15 is 0 Å². The molecule has 0 radical (unpaired) electrons. The summed E-state index contributed by atoms with van der Waals surface area (Å²) in [6.45, 7) is 1.42. The highest BCUT2D eigenvalue weighted by molar-refractivity contribution is 7.92. The first-order valence-corrected chi connectivity index (χ1v) is 9.11. The molecule has 0 saturated heterocycles. The zero-order valence-electron chi connectivity index (χ0n) is 13.3. The predicted molar refractivity (Wildman–Crippen MR) is 91.2 cm³/mol. The highest BCUT2D eigenvalue weighted by atomic mass is 32.2. The number of sulfonamides is 1. The van der Waals surface area contributed by atoms with E-state index in [0.717, 1.165) is 0 Å². The molecule has 2 aromatic rings. The summed E-state index contributed by atoms with van der Waals surface area (Å²) in [5.74, 6) is -0.248. The third kappa shape index (κ3) is 5.21. The van der Waals surface area contributed by atoms with Crippen molar-refractivity contribution < 1.29 is 22.7 Å². The lowest BCUT2D eigenvalue weighted by molar-refractivity contribution is 0.204. The Morgan fingerprint density at radius 2 is 1.75 bits per heavy atom. The van der Waals surface area contributed by atoms with E-state index in [1.165, 1.54) is 35.5 Å². The molecule has 0 aromatic heterocycles. The normalized spacial score (nSPS) is 12.6. The Labute approximate surface area is 141 Å². The van der Waals surface area contributed by atoms with Crippen LogP contribution in [-0.4, -0.2) is 38.5 Å². The van der Waals surface area contributed by atoms with Crippen LogP contribution < -0.4 is 9.04 Å². The molecule has 0 heterocycles. The first-order valence-electron chi connectivity index (χ1n) is 7.50. The molecule has 1 atom stereocenters. The van der Waals surface area contributed by atoms with Crippen molar-refractivity contribution in [2.75, 3.05) is 23.2 Å². The third-order valence-corrected chi connectivity index (χ3v) is 4.95. The van der Waals surface area contributed by atoms with Gasteiger partial charge in [0.1, 0.15) is 23.9 Å². The summed E-state index contributed by atoms with van der Waals surface area (Å²) in [4.78, 5) is 0. The Morgan fingerprint density at radius 3 is 2.33 bits per heavy atom. The minimum atomic E-state index is -3.67. The van der Waals surface area contributed by atoms with Crippen LogP contribution in [0, 0.1) is 5.82 Å². The van der Waals surface area contributed by atoms with Crippen molar-refractivity contribution in [1.29, 1.82) is 0 Å². The second-order valence-corrected chi connectivity index (χ2v) is 7.35. The van der Waals surface area contributed by atoms with E-state index in [-0.39, 0.29) is 24.7 Å². The molecule has 2 rings (SSSR count). The maximum Gasteiger partial charge on any atom is 0.238 e. The lowest BCUT2D eigenvalue weighted by Crippen LogP contribution is -2.39. The van der Waals surface area contributed by atoms with Gasteiger partial charge in [-0.25, -0.2) is 12.8 Å². The summed E-state index contributed by atoms with van der Waals surface area (Å²) in [7, 11) is -3.67. The summed E-state index contributed by atoms with van der Waals surface area (Å²) >= 11 is 0. The van der Waals surface area contributed by atoms with Gasteiger partial charge in [-0.2, -0.15) is 0 Å². The SMILES string of the molecule is CC(O)CN(c1ccccc1)S(=O)(=O)CCOc1ccc(F)cc1. The highest BCUT2D eigenvalue weighted by Crippen LogP contribution is 2.19. The first kappa shape index (κ1) is 18.2. The van der Waals surface area contributed by atoms with Crippen LogP contribution in [0.15, 0.2) is 54.6 Å². The van der Waals surface area contributed by atoms with Crippen LogP contribution in [0.25, 0.3) is 0 Å². The van der Waals surface area contributed by atoms with E-state index in [1.807, 2.05) is 0 Å². The van der Waals surface area contributed by atoms with Gasteiger partial charge in [0.25, 0.3) is 0 Å². The molecule has 1 unspecified atom stereocenters. The Kier molecular flexibility index (Phi) is 6.16. The summed E-state index contributed by atoms with van der Waals surface area (Å²) in [5.41, 5.74) is 0.486. The smallest absolute Gasteiger partial charge is 0.238 e. The predicted octanol–water partition coefficient (Wildman–Crippen LogP) is 2.42. The van der Waals surface area contributed by atoms with Crippen LogP contribution >= 0.6 is 0 Å². The second kappa shape index (κ2) is 8.12. The molecule has 0 fully saturated rings. The molecule has 7 heteroatoms. The molecule has 0 amide bonds. The van der Waals surface area contributed by atoms with Crippen molar-refractivity contribution in [2.24, 2.45) is 0 Å². The average Bonchev–Trinajstić information content (AvgIpc) is 2.55. The standard InChI is InChI=1S/C17H20FNO4S/c1-14(20)13-19(16-5-3-2-4-6-16)24(21,22)12-11-23-17-9-7-15(18)8-10-17/h2-10,14,20H,11-13H2,1H3. The van der Waals surface area contributed by atoms with Gasteiger partial charge >= 0.3 is 0 Å². The molecule has 24 heavy (non-hydrogen) atoms. The topological polar surface area (TPSA) is 66.8 Å². The van der Waals surface area contributed by atoms with Gasteiger partial charge in [-0.15, -0.1) is 0 Å². The Morgan fingerprint density at radius 1 is 1.12 bits per heavy atom. The fourth-order valence-corrected chi connectivity index (χ4v) is 3.52. The lowest BCUT2D eigenvalue weighted by atomic mass is 10.3. The van der Waals surface area contributed by atoms with Crippen LogP contribution in [0.5, 0.6) is 5.75 Å². The number of halogens is 1. The van der Waals surface area contributed by atoms with Gasteiger partial charge in [0.15, 0.2) is 0 Å². The number of benzene rings is 2. The average molecular weight is 353 g/mol. The number of hydrogen-bond donors (Lipinski definition) is 1. The van der Waals surface area contributed by atoms with E-state index in [2.05, 4.69) is 0 Å². The summed E-state index contributed by atoms with van der Waals surface area (Å²) < 4.78 is 44.5. The second-order valence-electron chi connectivity index (χ2n) is 5.33. The van der Waals surface area contributed by atoms with E-state index in [0.29, 0.717) is 11.4 Å². The zero-order chi connectivity index (χ0) is 17.6. The molecule has 5 nitrogen and oxygen atoms in total. The van der Waals surface area contributed by atoms with Gasteiger partial charge in [0.2, 0.25) is 10.0 Å². The molecule has 130 valence electrons. The van der Waals surface area contributed by atoms with Gasteiger partial charge in [-0.1, -0.05) is 18.2 Å². The zero-order valence-corrected chi connectivity index (χ0v) is 14.1. The Balaban J connectivity index is 2.06. The third-order valence-electron chi connectivity index (χ3n) is 3.23. The molecule has 0 bridgehead atoms. The van der Waals surface area contributed by atoms with Crippen LogP contribution in [-0.2, 0) is 10.0 Å². The summed E-state index contributed by atoms with van der Waals surface area (Å²) in [5, 5.41) is 9.60. The van der Waals surface area contributed by atoms with Crippen LogP contribution in [0.4, 0.5) is 10.1 Å². The van der Waals surface area contributed by atoms with Crippen LogP contribution in [0.1, 0.15) is 6.92 Å². The summed E-state index contributed by atoms with van der Waals surface area (Å²) in [6.07, 6.45) is -0.807. The van der Waals surface area contributed by atoms with Crippen LogP contribution in [0.3, 0.4) is 0 Å². The molecule has 2 aromatic carbocycles. The Bertz CT molecular complexity index is 733. The van der Waals surface area contributed by atoms with Gasteiger partial charge in [-0.3, -0.25) is 4.31 Å². The quantitative estimate of drug-likeness (QED) is 0.791. The van der Waals surface area contributed by atoms with E-state index in [9.17, 15) is 17.9 Å². The van der Waals surface area contributed by atoms with Gasteiger partial charge < -0.3 is 9.84 Å². The van der Waals surface area contributed by atoms with Crippen molar-refractivity contribution in [3.63, 3.8) is 0 Å². The maximum atomic E-state index is 12.8. The fourth-order valence-electron chi connectivity index (χ4n) is 2.12. The molecular weight excluding hydrogens is 333 g/mol. The van der Waals surface area contributed by atoms with Gasteiger partial charge in [0, 0.05) is 0 Å². The van der Waals surface area contributed by atoms with Crippen molar-refractivity contribution in [3.05, 3.63) is 60.4 Å². The van der Waals surface area contributed by atoms with Crippen molar-refractivity contribution >= 4 is 15.7 Å². The Hall–Kier alpha value is -2.12. The monoisotopic (exact) mass is 353 g/mol. The van der Waals surface area contributed by atoms with E-state index in [1.54, 1.807) is 30.3 Å². The van der Waals surface area contributed by atoms with E-state index < -0.39 is 16.1 Å². The highest BCUT2D eigenvalue weighted by Gasteiger charge is 2.23. The van der Waals surface area contributed by atoms with E-state index in [4.69, 9.17) is 4.74 Å². The molecule has 0 spiro atoms. The molecule has 0 saturated carbocycles.